The van der Waals surface area contributed by atoms with Crippen LogP contribution >= 0.6 is 19.2 Å². The third kappa shape index (κ3) is 4.39. The van der Waals surface area contributed by atoms with Gasteiger partial charge >= 0.3 is 7.60 Å². The van der Waals surface area contributed by atoms with Crippen LogP contribution in [0.3, 0.4) is 0 Å². The average molecular weight is 506 g/mol. The molecule has 5 N–H and O–H groups in total. The first-order valence-corrected chi connectivity index (χ1v) is 12.6. The number of anilines is 2. The lowest BCUT2D eigenvalue weighted by Gasteiger charge is -2.17. The zero-order valence-electron chi connectivity index (χ0n) is 17.6. The van der Waals surface area contributed by atoms with Gasteiger partial charge in [0, 0.05) is 11.1 Å². The predicted octanol–water partition coefficient (Wildman–Crippen LogP) is 2.56. The minimum Gasteiger partial charge on any atom is -0.388 e. The Morgan fingerprint density at radius 1 is 1.09 bits per heavy atom. The maximum atomic E-state index is 11.2. The van der Waals surface area contributed by atoms with Gasteiger partial charge in [-0.25, -0.2) is 4.98 Å². The fraction of sp³-hybridized carbons (Fsp3) is 0.286. The topological polar surface area (TPSA) is 163 Å². The molecule has 5 rings (SSSR count). The van der Waals surface area contributed by atoms with Crippen molar-refractivity contribution in [1.29, 1.82) is 0 Å². The zero-order valence-corrected chi connectivity index (χ0v) is 19.2. The Morgan fingerprint density at radius 3 is 2.65 bits per heavy atom. The van der Waals surface area contributed by atoms with Gasteiger partial charge < -0.3 is 30.1 Å². The summed E-state index contributed by atoms with van der Waals surface area (Å²) in [6, 6.07) is 13.6. The summed E-state index contributed by atoms with van der Waals surface area (Å²) < 4.78 is 18.4. The van der Waals surface area contributed by atoms with Crippen LogP contribution in [-0.4, -0.2) is 64.0 Å². The van der Waals surface area contributed by atoms with Gasteiger partial charge in [0.1, 0.15) is 12.2 Å². The van der Waals surface area contributed by atoms with E-state index in [4.69, 9.17) is 26.1 Å². The van der Waals surface area contributed by atoms with Crippen molar-refractivity contribution in [3.63, 3.8) is 0 Å². The van der Waals surface area contributed by atoms with Crippen LogP contribution in [0, 0.1) is 0 Å². The molecule has 0 amide bonds. The maximum absolute atomic E-state index is 11.2. The van der Waals surface area contributed by atoms with E-state index < -0.39 is 38.3 Å². The molecule has 178 valence electrons. The molecule has 0 spiro atoms. The molecular weight excluding hydrogens is 485 g/mol. The Kier molecular flexibility index (Phi) is 6.03. The highest BCUT2D eigenvalue weighted by molar-refractivity contribution is 7.51. The second-order valence-electron chi connectivity index (χ2n) is 8.04. The third-order valence-electron chi connectivity index (χ3n) is 5.75. The number of ether oxygens (including phenoxy) is 1. The lowest BCUT2D eigenvalue weighted by atomic mass is 10.1. The molecule has 11 nitrogen and oxygen atoms in total. The minimum absolute atomic E-state index is 0.0666. The Morgan fingerprint density at radius 2 is 1.85 bits per heavy atom. The summed E-state index contributed by atoms with van der Waals surface area (Å²) in [4.78, 5) is 31.1. The number of fused-ring (bicyclic) bond motifs is 2. The number of aliphatic hydroxyl groups is 2. The number of benzene rings is 2. The average Bonchev–Trinajstić information content (AvgIpc) is 3.33. The predicted molar refractivity (Wildman–Crippen MR) is 125 cm³/mol. The van der Waals surface area contributed by atoms with E-state index in [9.17, 15) is 14.8 Å². The monoisotopic (exact) mass is 505 g/mol. The van der Waals surface area contributed by atoms with Gasteiger partial charge in [-0.1, -0.05) is 36.4 Å². The number of nitrogens with zero attached hydrogens (tertiary/aromatic N) is 4. The molecule has 1 aliphatic heterocycles. The van der Waals surface area contributed by atoms with Crippen LogP contribution in [-0.2, 0) is 9.30 Å². The van der Waals surface area contributed by atoms with Crippen molar-refractivity contribution in [3.05, 3.63) is 54.1 Å². The van der Waals surface area contributed by atoms with E-state index in [1.165, 1.54) is 10.9 Å². The van der Waals surface area contributed by atoms with Crippen molar-refractivity contribution in [2.75, 3.05) is 11.5 Å². The van der Waals surface area contributed by atoms with Crippen molar-refractivity contribution in [2.45, 2.75) is 31.0 Å². The Balaban J connectivity index is 1.49. The molecule has 4 atom stereocenters. The Bertz CT molecular complexity index is 1410. The van der Waals surface area contributed by atoms with E-state index in [0.717, 1.165) is 16.5 Å². The van der Waals surface area contributed by atoms with E-state index in [2.05, 4.69) is 20.3 Å². The van der Waals surface area contributed by atoms with E-state index in [-0.39, 0.29) is 17.4 Å². The summed E-state index contributed by atoms with van der Waals surface area (Å²) >= 11 is 6.19. The first-order valence-electron chi connectivity index (χ1n) is 10.4. The summed E-state index contributed by atoms with van der Waals surface area (Å²) in [5, 5.41) is 26.1. The first kappa shape index (κ1) is 23.1. The number of halogens is 1. The molecule has 0 aliphatic carbocycles. The minimum atomic E-state index is -4.29. The SMILES string of the molecule is O=P(O)(O)CC[C@H]1O[C@@H](n2cnc3c(Nc4cccc5ccccc45)nc(Cl)nc32)[C@@H](O)C1O. The smallest absolute Gasteiger partial charge is 0.325 e. The standard InChI is InChI=1S/C21H21ClN5O6P/c22-21-25-18(24-13-7-3-5-11-4-1-2-6-12(11)13)15-19(26-21)27(10-23-15)20-17(29)16(28)14(33-20)8-9-34(30,31)32/h1-7,10,14,16-17,20,28-29H,8-9H2,(H,24,25,26)(H2,30,31,32)/t14-,16?,17+,20-/m1/s1. The van der Waals surface area contributed by atoms with Crippen LogP contribution in [0.1, 0.15) is 12.6 Å². The van der Waals surface area contributed by atoms with Crippen LogP contribution in [0.25, 0.3) is 21.9 Å². The molecule has 13 heteroatoms. The molecule has 0 bridgehead atoms. The van der Waals surface area contributed by atoms with Crippen LogP contribution in [0.15, 0.2) is 48.8 Å². The molecule has 1 fully saturated rings. The van der Waals surface area contributed by atoms with Gasteiger partial charge in [-0.05, 0) is 29.5 Å². The lowest BCUT2D eigenvalue weighted by Crippen LogP contribution is -2.31. The molecule has 1 aliphatic rings. The fourth-order valence-electron chi connectivity index (χ4n) is 4.12. The highest BCUT2D eigenvalue weighted by atomic mass is 35.5. The van der Waals surface area contributed by atoms with Crippen molar-refractivity contribution >= 4 is 52.6 Å². The highest BCUT2D eigenvalue weighted by Gasteiger charge is 2.44. The number of aromatic nitrogens is 4. The van der Waals surface area contributed by atoms with Crippen LogP contribution in [0.2, 0.25) is 5.28 Å². The van der Waals surface area contributed by atoms with E-state index in [1.54, 1.807) is 0 Å². The van der Waals surface area contributed by atoms with Crippen molar-refractivity contribution in [1.82, 2.24) is 19.5 Å². The number of imidazole rings is 1. The number of aliphatic hydroxyl groups excluding tert-OH is 2. The summed E-state index contributed by atoms with van der Waals surface area (Å²) in [6.07, 6.45) is -4.01. The van der Waals surface area contributed by atoms with E-state index >= 15 is 0 Å². The number of rotatable bonds is 6. The summed E-state index contributed by atoms with van der Waals surface area (Å²) in [6.45, 7) is 0. The van der Waals surface area contributed by atoms with Gasteiger partial charge in [0.15, 0.2) is 23.2 Å². The highest BCUT2D eigenvalue weighted by Crippen LogP contribution is 2.40. The molecule has 0 saturated carbocycles. The van der Waals surface area contributed by atoms with Gasteiger partial charge in [0.05, 0.1) is 18.6 Å². The van der Waals surface area contributed by atoms with Crippen molar-refractivity contribution in [2.24, 2.45) is 0 Å². The van der Waals surface area contributed by atoms with Gasteiger partial charge in [-0.3, -0.25) is 9.13 Å². The summed E-state index contributed by atoms with van der Waals surface area (Å²) in [5.74, 6) is 0.344. The quantitative estimate of drug-likeness (QED) is 0.194. The molecule has 2 aromatic carbocycles. The summed E-state index contributed by atoms with van der Waals surface area (Å²) in [5.41, 5.74) is 1.41. The molecule has 1 unspecified atom stereocenters. The molecule has 2 aromatic heterocycles. The molecule has 1 saturated heterocycles. The van der Waals surface area contributed by atoms with Crippen molar-refractivity contribution < 1.29 is 29.3 Å². The lowest BCUT2D eigenvalue weighted by molar-refractivity contribution is -0.0355. The van der Waals surface area contributed by atoms with Crippen LogP contribution in [0.4, 0.5) is 11.5 Å². The van der Waals surface area contributed by atoms with Crippen molar-refractivity contribution in [3.8, 4) is 0 Å². The molecular formula is C21H21ClN5O6P. The summed E-state index contributed by atoms with van der Waals surface area (Å²) in [7, 11) is -4.29. The second-order valence-corrected chi connectivity index (χ2v) is 10.2. The first-order chi connectivity index (χ1) is 16.2. The van der Waals surface area contributed by atoms with Gasteiger partial charge in [-0.15, -0.1) is 0 Å². The van der Waals surface area contributed by atoms with E-state index in [1.807, 2.05) is 42.5 Å². The Labute approximate surface area is 198 Å². The van der Waals surface area contributed by atoms with Gasteiger partial charge in [0.25, 0.3) is 0 Å². The molecule has 4 aromatic rings. The number of nitrogens with one attached hydrogen (secondary N) is 1. The number of hydrogen-bond acceptors (Lipinski definition) is 8. The third-order valence-corrected chi connectivity index (χ3v) is 6.76. The molecule has 34 heavy (non-hydrogen) atoms. The van der Waals surface area contributed by atoms with Crippen LogP contribution in [0.5, 0.6) is 0 Å². The molecule has 0 radical (unpaired) electrons. The normalized spacial score (nSPS) is 23.1. The number of hydrogen-bond donors (Lipinski definition) is 5. The second kappa shape index (κ2) is 8.86. The molecule has 3 heterocycles. The maximum Gasteiger partial charge on any atom is 0.325 e. The van der Waals surface area contributed by atoms with E-state index in [0.29, 0.717) is 11.3 Å². The fourth-order valence-corrected chi connectivity index (χ4v) is 4.87. The zero-order chi connectivity index (χ0) is 24.0. The largest absolute Gasteiger partial charge is 0.388 e. The van der Waals surface area contributed by atoms with Gasteiger partial charge in [-0.2, -0.15) is 9.97 Å². The van der Waals surface area contributed by atoms with Gasteiger partial charge in [0.2, 0.25) is 5.28 Å². The van der Waals surface area contributed by atoms with Crippen LogP contribution < -0.4 is 5.32 Å². The Hall–Kier alpha value is -2.63.